The van der Waals surface area contributed by atoms with Crippen LogP contribution in [0.3, 0.4) is 0 Å². The highest BCUT2D eigenvalue weighted by Crippen LogP contribution is 2.30. The van der Waals surface area contributed by atoms with E-state index >= 15 is 0 Å². The molecule has 1 fully saturated rings. The number of hydrogen-bond acceptors (Lipinski definition) is 3. The summed E-state index contributed by atoms with van der Waals surface area (Å²) in [5.74, 6) is 0.0255. The molecule has 1 heterocycles. The standard InChI is InChI=1S/C14H21N3O/c1-11(12-6-2-5-9-16-12)17-13(18)10-14(15)7-3-4-8-14/h2,5-6,9,11H,3-4,7-8,10,15H2,1H3,(H,17,18)/t11-/m1/s1. The van der Waals surface area contributed by atoms with E-state index in [1.807, 2.05) is 25.1 Å². The third-order valence-electron chi connectivity index (χ3n) is 3.62. The lowest BCUT2D eigenvalue weighted by Crippen LogP contribution is -2.42. The Morgan fingerprint density at radius 3 is 2.83 bits per heavy atom. The van der Waals surface area contributed by atoms with Crippen LogP contribution in [0.15, 0.2) is 24.4 Å². The van der Waals surface area contributed by atoms with Gasteiger partial charge >= 0.3 is 0 Å². The molecule has 2 rings (SSSR count). The van der Waals surface area contributed by atoms with Crippen molar-refractivity contribution in [2.24, 2.45) is 5.73 Å². The molecule has 0 bridgehead atoms. The molecule has 1 aromatic rings. The molecule has 0 radical (unpaired) electrons. The van der Waals surface area contributed by atoms with Gasteiger partial charge in [-0.25, -0.2) is 0 Å². The van der Waals surface area contributed by atoms with Gasteiger partial charge in [0.15, 0.2) is 0 Å². The Balaban J connectivity index is 1.88. The van der Waals surface area contributed by atoms with E-state index in [1.165, 1.54) is 0 Å². The smallest absolute Gasteiger partial charge is 0.222 e. The SMILES string of the molecule is C[C@@H](NC(=O)CC1(N)CCCC1)c1ccccn1. The van der Waals surface area contributed by atoms with Crippen molar-refractivity contribution >= 4 is 5.91 Å². The molecule has 0 saturated heterocycles. The van der Waals surface area contributed by atoms with Crippen LogP contribution in [0.5, 0.6) is 0 Å². The van der Waals surface area contributed by atoms with Crippen molar-refractivity contribution in [3.63, 3.8) is 0 Å². The van der Waals surface area contributed by atoms with Crippen molar-refractivity contribution in [1.82, 2.24) is 10.3 Å². The lowest BCUT2D eigenvalue weighted by atomic mass is 9.94. The average molecular weight is 247 g/mol. The highest BCUT2D eigenvalue weighted by Gasteiger charge is 2.31. The maximum atomic E-state index is 12.0. The summed E-state index contributed by atoms with van der Waals surface area (Å²) in [5, 5.41) is 2.97. The summed E-state index contributed by atoms with van der Waals surface area (Å²) < 4.78 is 0. The van der Waals surface area contributed by atoms with Gasteiger partial charge in [-0.05, 0) is 31.9 Å². The van der Waals surface area contributed by atoms with Gasteiger partial charge in [-0.1, -0.05) is 18.9 Å². The van der Waals surface area contributed by atoms with Crippen LogP contribution in [-0.4, -0.2) is 16.4 Å². The second-order valence-electron chi connectivity index (χ2n) is 5.29. The molecule has 4 heteroatoms. The minimum Gasteiger partial charge on any atom is -0.348 e. The predicted molar refractivity (Wildman–Crippen MR) is 70.8 cm³/mol. The number of rotatable bonds is 4. The van der Waals surface area contributed by atoms with E-state index in [1.54, 1.807) is 6.20 Å². The molecule has 0 aromatic carbocycles. The molecule has 4 nitrogen and oxygen atoms in total. The molecule has 1 saturated carbocycles. The molecule has 1 aromatic heterocycles. The number of amides is 1. The minimum atomic E-state index is -0.284. The Morgan fingerprint density at radius 1 is 1.50 bits per heavy atom. The van der Waals surface area contributed by atoms with Gasteiger partial charge in [0.2, 0.25) is 5.91 Å². The fourth-order valence-corrected chi connectivity index (χ4v) is 2.57. The van der Waals surface area contributed by atoms with Gasteiger partial charge in [0.05, 0.1) is 11.7 Å². The van der Waals surface area contributed by atoms with Crippen LogP contribution in [-0.2, 0) is 4.79 Å². The van der Waals surface area contributed by atoms with E-state index in [4.69, 9.17) is 5.73 Å². The van der Waals surface area contributed by atoms with Crippen LogP contribution in [0.4, 0.5) is 0 Å². The van der Waals surface area contributed by atoms with Gasteiger partial charge in [0, 0.05) is 18.2 Å². The molecule has 1 atom stereocenters. The first-order valence-electron chi connectivity index (χ1n) is 6.58. The lowest BCUT2D eigenvalue weighted by Gasteiger charge is -2.23. The van der Waals surface area contributed by atoms with Crippen LogP contribution in [0.1, 0.15) is 50.8 Å². The number of carbonyl (C=O) groups excluding carboxylic acids is 1. The van der Waals surface area contributed by atoms with Crippen LogP contribution >= 0.6 is 0 Å². The summed E-state index contributed by atoms with van der Waals surface area (Å²) in [6.07, 6.45) is 6.35. The van der Waals surface area contributed by atoms with Crippen molar-refractivity contribution in [1.29, 1.82) is 0 Å². The summed E-state index contributed by atoms with van der Waals surface area (Å²) in [6, 6.07) is 5.64. The molecule has 3 N–H and O–H groups in total. The number of nitrogens with two attached hydrogens (primary N) is 1. The van der Waals surface area contributed by atoms with Gasteiger partial charge in [0.1, 0.15) is 0 Å². The maximum absolute atomic E-state index is 12.0. The quantitative estimate of drug-likeness (QED) is 0.854. The normalized spacial score (nSPS) is 19.4. The zero-order valence-electron chi connectivity index (χ0n) is 10.9. The maximum Gasteiger partial charge on any atom is 0.222 e. The van der Waals surface area contributed by atoms with Crippen molar-refractivity contribution < 1.29 is 4.79 Å². The molecule has 18 heavy (non-hydrogen) atoms. The fourth-order valence-electron chi connectivity index (χ4n) is 2.57. The van der Waals surface area contributed by atoms with Crippen molar-refractivity contribution in [3.05, 3.63) is 30.1 Å². The van der Waals surface area contributed by atoms with Crippen molar-refractivity contribution in [2.45, 2.75) is 50.6 Å². The van der Waals surface area contributed by atoms with Crippen molar-refractivity contribution in [3.8, 4) is 0 Å². The second kappa shape index (κ2) is 5.48. The summed E-state index contributed by atoms with van der Waals surface area (Å²) in [5.41, 5.74) is 6.79. The number of nitrogens with one attached hydrogen (secondary N) is 1. The number of nitrogens with zero attached hydrogens (tertiary/aromatic N) is 1. The molecule has 1 amide bonds. The van der Waals surface area contributed by atoms with E-state index < -0.39 is 0 Å². The molecule has 98 valence electrons. The zero-order chi connectivity index (χ0) is 13.0. The summed E-state index contributed by atoms with van der Waals surface area (Å²) >= 11 is 0. The highest BCUT2D eigenvalue weighted by molar-refractivity contribution is 5.77. The third kappa shape index (κ3) is 3.29. The molecule has 0 unspecified atom stereocenters. The van der Waals surface area contributed by atoms with E-state index in [2.05, 4.69) is 10.3 Å². The van der Waals surface area contributed by atoms with E-state index in [0.717, 1.165) is 31.4 Å². The van der Waals surface area contributed by atoms with E-state index in [-0.39, 0.29) is 17.5 Å². The monoisotopic (exact) mass is 247 g/mol. The number of aromatic nitrogens is 1. The highest BCUT2D eigenvalue weighted by atomic mass is 16.1. The van der Waals surface area contributed by atoms with Crippen LogP contribution in [0, 0.1) is 0 Å². The first-order chi connectivity index (χ1) is 8.59. The average Bonchev–Trinajstić information content (AvgIpc) is 2.76. The van der Waals surface area contributed by atoms with Gasteiger partial charge in [0.25, 0.3) is 0 Å². The Labute approximate surface area is 108 Å². The van der Waals surface area contributed by atoms with Gasteiger partial charge in [-0.3, -0.25) is 9.78 Å². The van der Waals surface area contributed by atoms with Gasteiger partial charge < -0.3 is 11.1 Å². The molecule has 1 aliphatic rings. The van der Waals surface area contributed by atoms with E-state index in [0.29, 0.717) is 6.42 Å². The molecule has 0 aliphatic heterocycles. The number of hydrogen-bond donors (Lipinski definition) is 2. The largest absolute Gasteiger partial charge is 0.348 e. The van der Waals surface area contributed by atoms with E-state index in [9.17, 15) is 4.79 Å². The summed E-state index contributed by atoms with van der Waals surface area (Å²) in [4.78, 5) is 16.2. The van der Waals surface area contributed by atoms with Gasteiger partial charge in [-0.15, -0.1) is 0 Å². The fraction of sp³-hybridized carbons (Fsp3) is 0.571. The topological polar surface area (TPSA) is 68.0 Å². The predicted octanol–water partition coefficient (Wildman–Crippen LogP) is 1.92. The minimum absolute atomic E-state index is 0.0255. The van der Waals surface area contributed by atoms with Crippen LogP contribution < -0.4 is 11.1 Å². The Bertz CT molecular complexity index is 399. The molecule has 1 aliphatic carbocycles. The molecular formula is C14H21N3O. The van der Waals surface area contributed by atoms with Crippen LogP contribution in [0.2, 0.25) is 0 Å². The Hall–Kier alpha value is -1.42. The number of carbonyl (C=O) groups is 1. The summed E-state index contributed by atoms with van der Waals surface area (Å²) in [7, 11) is 0. The Morgan fingerprint density at radius 2 is 2.22 bits per heavy atom. The zero-order valence-corrected chi connectivity index (χ0v) is 10.9. The Kier molecular flexibility index (Phi) is 3.97. The van der Waals surface area contributed by atoms with Gasteiger partial charge in [-0.2, -0.15) is 0 Å². The molecular weight excluding hydrogens is 226 g/mol. The van der Waals surface area contributed by atoms with Crippen LogP contribution in [0.25, 0.3) is 0 Å². The third-order valence-corrected chi connectivity index (χ3v) is 3.62. The van der Waals surface area contributed by atoms with Crippen molar-refractivity contribution in [2.75, 3.05) is 0 Å². The molecule has 0 spiro atoms. The lowest BCUT2D eigenvalue weighted by molar-refractivity contribution is -0.122. The second-order valence-corrected chi connectivity index (χ2v) is 5.29. The first-order valence-corrected chi connectivity index (χ1v) is 6.58. The first kappa shape index (κ1) is 13.0. The number of pyridine rings is 1. The summed E-state index contributed by atoms with van der Waals surface area (Å²) in [6.45, 7) is 1.94.